The third-order valence-corrected chi connectivity index (χ3v) is 6.01. The Bertz CT molecular complexity index is 1140. The van der Waals surface area contributed by atoms with Gasteiger partial charge in [0.15, 0.2) is 11.0 Å². The van der Waals surface area contributed by atoms with Crippen molar-refractivity contribution in [2.75, 3.05) is 6.61 Å². The third kappa shape index (κ3) is 4.21. The largest absolute Gasteiger partial charge is 0.493 e. The van der Waals surface area contributed by atoms with Gasteiger partial charge in [0.25, 0.3) is 0 Å². The van der Waals surface area contributed by atoms with Gasteiger partial charge in [-0.3, -0.25) is 9.59 Å². The van der Waals surface area contributed by atoms with E-state index in [9.17, 15) is 9.59 Å². The van der Waals surface area contributed by atoms with Crippen LogP contribution in [-0.2, 0) is 4.79 Å². The summed E-state index contributed by atoms with van der Waals surface area (Å²) in [7, 11) is 0. The maximum atomic E-state index is 12.6. The summed E-state index contributed by atoms with van der Waals surface area (Å²) in [6.07, 6.45) is 3.31. The minimum atomic E-state index is -0.691. The highest BCUT2D eigenvalue weighted by Gasteiger charge is 2.33. The molecule has 3 aromatic rings. The first-order chi connectivity index (χ1) is 14.4. The molecule has 156 valence electrons. The monoisotopic (exact) mass is 426 g/mol. The van der Waals surface area contributed by atoms with Crippen molar-refractivity contribution in [1.29, 1.82) is 0 Å². The average molecular weight is 427 g/mol. The summed E-state index contributed by atoms with van der Waals surface area (Å²) in [6, 6.07) is 12.3. The Morgan fingerprint density at radius 3 is 2.80 bits per heavy atom. The third-order valence-electron chi connectivity index (χ3n) is 5.71. The second kappa shape index (κ2) is 8.52. The second-order valence-corrected chi connectivity index (χ2v) is 8.36. The van der Waals surface area contributed by atoms with Crippen molar-refractivity contribution in [3.8, 4) is 17.1 Å². The van der Waals surface area contributed by atoms with Crippen LogP contribution in [0.4, 0.5) is 0 Å². The van der Waals surface area contributed by atoms with Crippen LogP contribution in [-0.4, -0.2) is 17.7 Å². The minimum Gasteiger partial charge on any atom is -0.493 e. The van der Waals surface area contributed by atoms with Gasteiger partial charge in [0.05, 0.1) is 28.5 Å². The van der Waals surface area contributed by atoms with Gasteiger partial charge in [-0.2, -0.15) is 0 Å². The first-order valence-electron chi connectivity index (χ1n) is 10.1. The molecule has 1 aliphatic rings. The number of aryl methyl sites for hydroxylation is 1. The quantitative estimate of drug-likeness (QED) is 0.491. The number of benzene rings is 2. The van der Waals surface area contributed by atoms with Gasteiger partial charge >= 0.3 is 5.97 Å². The lowest BCUT2D eigenvalue weighted by molar-refractivity contribution is -0.146. The molecule has 30 heavy (non-hydrogen) atoms. The summed E-state index contributed by atoms with van der Waals surface area (Å²) in [5, 5.41) is 9.81. The minimum absolute atomic E-state index is 0.154. The number of hydrogen-bond donors (Lipinski definition) is 1. The van der Waals surface area contributed by atoms with Crippen LogP contribution in [0.2, 0.25) is 5.02 Å². The van der Waals surface area contributed by atoms with Crippen molar-refractivity contribution in [3.63, 3.8) is 0 Å². The number of aliphatic carboxylic acids is 1. The predicted octanol–water partition coefficient (Wildman–Crippen LogP) is 5.69. The fourth-order valence-corrected chi connectivity index (χ4v) is 4.17. The van der Waals surface area contributed by atoms with Crippen molar-refractivity contribution >= 4 is 28.5 Å². The smallest absolute Gasteiger partial charge is 0.306 e. The molecular weight excluding hydrogens is 404 g/mol. The van der Waals surface area contributed by atoms with Gasteiger partial charge in [-0.1, -0.05) is 23.7 Å². The molecule has 5 nitrogen and oxygen atoms in total. The fraction of sp³-hybridized carbons (Fsp3) is 0.333. The molecular formula is C24H23ClO5. The topological polar surface area (TPSA) is 76.7 Å². The van der Waals surface area contributed by atoms with Gasteiger partial charge < -0.3 is 14.3 Å². The van der Waals surface area contributed by atoms with E-state index in [1.165, 1.54) is 6.07 Å². The number of para-hydroxylation sites is 1. The number of carboxylic acid groups (broad SMARTS) is 1. The molecule has 0 amide bonds. The van der Waals surface area contributed by atoms with Gasteiger partial charge in [-0.15, -0.1) is 0 Å². The maximum Gasteiger partial charge on any atom is 0.306 e. The summed E-state index contributed by atoms with van der Waals surface area (Å²) in [4.78, 5) is 23.5. The average Bonchev–Trinajstić information content (AvgIpc) is 2.67. The van der Waals surface area contributed by atoms with E-state index in [0.29, 0.717) is 45.6 Å². The number of carbonyl (C=O) groups is 1. The number of hydrogen-bond acceptors (Lipinski definition) is 4. The van der Waals surface area contributed by atoms with E-state index in [1.807, 2.05) is 25.1 Å². The molecule has 6 heteroatoms. The van der Waals surface area contributed by atoms with E-state index >= 15 is 0 Å². The summed E-state index contributed by atoms with van der Waals surface area (Å²) in [5.41, 5.74) is 1.96. The molecule has 1 saturated carbocycles. The number of ether oxygens (including phenoxy) is 1. The van der Waals surface area contributed by atoms with Crippen molar-refractivity contribution in [2.24, 2.45) is 11.8 Å². The summed E-state index contributed by atoms with van der Waals surface area (Å²) in [5.74, 6) is 0.665. The van der Waals surface area contributed by atoms with Crippen molar-refractivity contribution in [2.45, 2.75) is 32.6 Å². The Balaban J connectivity index is 1.50. The summed E-state index contributed by atoms with van der Waals surface area (Å²) in [6.45, 7) is 2.49. The molecule has 0 radical (unpaired) electrons. The van der Waals surface area contributed by atoms with Gasteiger partial charge in [0, 0.05) is 6.07 Å². The van der Waals surface area contributed by atoms with E-state index in [0.717, 1.165) is 31.2 Å². The lowest BCUT2D eigenvalue weighted by atomic mass is 9.73. The standard InChI is InChI=1S/C24H23ClO5/c1-14-7-8-18(22-13-20(26)17-5-2-6-19(25)23(17)30-22)21(10-14)29-9-3-4-15-11-16(12-15)24(27)28/h2,5-8,10,13,15-16H,3-4,9,11-12H2,1H3,(H,27,28). The number of rotatable bonds is 7. The van der Waals surface area contributed by atoms with E-state index in [-0.39, 0.29) is 11.3 Å². The Hall–Kier alpha value is -2.79. The number of halogens is 1. The molecule has 1 aromatic heterocycles. The van der Waals surface area contributed by atoms with Crippen LogP contribution in [0.5, 0.6) is 5.75 Å². The van der Waals surface area contributed by atoms with Crippen LogP contribution >= 0.6 is 11.6 Å². The molecule has 0 bridgehead atoms. The Morgan fingerprint density at radius 1 is 1.23 bits per heavy atom. The molecule has 1 heterocycles. The van der Waals surface area contributed by atoms with Gasteiger partial charge in [0.2, 0.25) is 0 Å². The SMILES string of the molecule is Cc1ccc(-c2cc(=O)c3cccc(Cl)c3o2)c(OCCCC2CC(C(=O)O)C2)c1. The molecule has 2 aromatic carbocycles. The van der Waals surface area contributed by atoms with Crippen LogP contribution < -0.4 is 10.2 Å². The van der Waals surface area contributed by atoms with Crippen LogP contribution in [0.25, 0.3) is 22.3 Å². The predicted molar refractivity (Wildman–Crippen MR) is 116 cm³/mol. The lowest BCUT2D eigenvalue weighted by Crippen LogP contribution is -2.30. The number of fused-ring (bicyclic) bond motifs is 1. The molecule has 1 N–H and O–H groups in total. The highest BCUT2D eigenvalue weighted by atomic mass is 35.5. The zero-order chi connectivity index (χ0) is 21.3. The molecule has 0 atom stereocenters. The molecule has 0 saturated heterocycles. The van der Waals surface area contributed by atoms with Crippen LogP contribution in [0, 0.1) is 18.8 Å². The number of carboxylic acids is 1. The summed E-state index contributed by atoms with van der Waals surface area (Å²) >= 11 is 6.23. The molecule has 1 aliphatic carbocycles. The molecule has 0 aliphatic heterocycles. The zero-order valence-electron chi connectivity index (χ0n) is 16.7. The zero-order valence-corrected chi connectivity index (χ0v) is 17.4. The van der Waals surface area contributed by atoms with Crippen LogP contribution in [0.1, 0.15) is 31.2 Å². The van der Waals surface area contributed by atoms with E-state index < -0.39 is 5.97 Å². The normalized spacial score (nSPS) is 18.2. The van der Waals surface area contributed by atoms with Crippen molar-refractivity contribution < 1.29 is 19.1 Å². The Labute approximate surface area is 179 Å². The van der Waals surface area contributed by atoms with Crippen molar-refractivity contribution in [3.05, 3.63) is 63.3 Å². The molecule has 1 fully saturated rings. The second-order valence-electron chi connectivity index (χ2n) is 7.95. The van der Waals surface area contributed by atoms with Crippen LogP contribution in [0.3, 0.4) is 0 Å². The first kappa shape index (κ1) is 20.5. The van der Waals surface area contributed by atoms with Gasteiger partial charge in [0.1, 0.15) is 11.5 Å². The summed E-state index contributed by atoms with van der Waals surface area (Å²) < 4.78 is 12.0. The highest BCUT2D eigenvalue weighted by molar-refractivity contribution is 6.34. The van der Waals surface area contributed by atoms with Crippen molar-refractivity contribution in [1.82, 2.24) is 0 Å². The highest BCUT2D eigenvalue weighted by Crippen LogP contribution is 2.37. The van der Waals surface area contributed by atoms with Gasteiger partial charge in [-0.05, 0) is 68.4 Å². The van der Waals surface area contributed by atoms with Crippen LogP contribution in [0.15, 0.2) is 51.7 Å². The van der Waals surface area contributed by atoms with E-state index in [1.54, 1.807) is 18.2 Å². The maximum absolute atomic E-state index is 12.6. The Kier molecular flexibility index (Phi) is 5.82. The van der Waals surface area contributed by atoms with Gasteiger partial charge in [-0.25, -0.2) is 0 Å². The van der Waals surface area contributed by atoms with E-state index in [2.05, 4.69) is 0 Å². The molecule has 0 spiro atoms. The molecule has 4 rings (SSSR count). The fourth-order valence-electron chi connectivity index (χ4n) is 3.96. The lowest BCUT2D eigenvalue weighted by Gasteiger charge is -2.32. The Morgan fingerprint density at radius 2 is 2.03 bits per heavy atom. The first-order valence-corrected chi connectivity index (χ1v) is 10.5. The molecule has 0 unspecified atom stereocenters. The van der Waals surface area contributed by atoms with E-state index in [4.69, 9.17) is 25.9 Å².